The molecule has 6 rings (SSSR count). The van der Waals surface area contributed by atoms with Crippen molar-refractivity contribution in [1.29, 1.82) is 0 Å². The number of allylic oxidation sites excluding steroid dienone is 4. The first-order valence-corrected chi connectivity index (χ1v) is 15.1. The molecule has 0 saturated carbocycles. The number of benzene rings is 4. The molecule has 2 aliphatic carbocycles. The van der Waals surface area contributed by atoms with Gasteiger partial charge < -0.3 is 24.8 Å². The SMILES string of the molecule is Cc1ccc2c(c1)[CH]([Zr+2]=[C](c1ccccc1)c1ccccc1)c1c-2cc(C)c(C)c1C1=CC=CC1.[Cl-].[Cl-]. The van der Waals surface area contributed by atoms with E-state index in [2.05, 4.69) is 124 Å². The predicted molar refractivity (Wildman–Crippen MR) is 146 cm³/mol. The van der Waals surface area contributed by atoms with Crippen molar-refractivity contribution in [3.63, 3.8) is 0 Å². The van der Waals surface area contributed by atoms with Gasteiger partial charge in [-0.3, -0.25) is 0 Å². The molecule has 0 bridgehead atoms. The fraction of sp³-hybridized carbons (Fsp3) is 0.147. The monoisotopic (exact) mass is 597 g/mol. The molecule has 0 aliphatic heterocycles. The first-order chi connectivity index (χ1) is 17.1. The molecule has 183 valence electrons. The summed E-state index contributed by atoms with van der Waals surface area (Å²) in [7, 11) is 0. The van der Waals surface area contributed by atoms with Crippen molar-refractivity contribution >= 4 is 8.78 Å². The van der Waals surface area contributed by atoms with Crippen molar-refractivity contribution in [3.8, 4) is 11.1 Å². The zero-order valence-electron chi connectivity index (χ0n) is 21.4. The largest absolute Gasteiger partial charge is 1.00 e. The minimum absolute atomic E-state index is 0. The Kier molecular flexibility index (Phi) is 8.70. The average molecular weight is 600 g/mol. The third-order valence-electron chi connectivity index (χ3n) is 7.49. The van der Waals surface area contributed by atoms with Gasteiger partial charge in [-0.1, -0.05) is 0 Å². The van der Waals surface area contributed by atoms with E-state index >= 15 is 0 Å². The molecule has 0 fully saturated rings. The van der Waals surface area contributed by atoms with E-state index in [-0.39, 0.29) is 24.8 Å². The third kappa shape index (κ3) is 5.07. The van der Waals surface area contributed by atoms with Crippen LogP contribution in [0.2, 0.25) is 0 Å². The maximum Gasteiger partial charge on any atom is -1.00 e. The molecular formula is C34H29Cl2Zr. The van der Waals surface area contributed by atoms with Crippen LogP contribution in [-0.4, -0.2) is 3.21 Å². The van der Waals surface area contributed by atoms with Gasteiger partial charge in [0, 0.05) is 0 Å². The summed E-state index contributed by atoms with van der Waals surface area (Å²) in [6, 6.07) is 31.9. The van der Waals surface area contributed by atoms with Crippen molar-refractivity contribution in [2.45, 2.75) is 30.8 Å². The maximum absolute atomic E-state index is 2.48. The second-order valence-electron chi connectivity index (χ2n) is 9.75. The van der Waals surface area contributed by atoms with E-state index < -0.39 is 22.8 Å². The number of halogens is 2. The van der Waals surface area contributed by atoms with Crippen molar-refractivity contribution < 1.29 is 47.6 Å². The van der Waals surface area contributed by atoms with Gasteiger partial charge in [-0.15, -0.1) is 0 Å². The molecule has 3 heteroatoms. The van der Waals surface area contributed by atoms with E-state index in [0.29, 0.717) is 3.63 Å². The molecule has 4 aromatic rings. The van der Waals surface area contributed by atoms with Gasteiger partial charge in [0.15, 0.2) is 0 Å². The number of fused-ring (bicyclic) bond motifs is 3. The molecule has 0 N–H and O–H groups in total. The van der Waals surface area contributed by atoms with Crippen LogP contribution in [0.15, 0.2) is 103 Å². The Morgan fingerprint density at radius 1 is 0.757 bits per heavy atom. The molecule has 0 saturated heterocycles. The standard InChI is InChI=1S/C21H19.C13H10.2ClH.Zr/c1-13-8-9-18-17(10-13)12-20-19(18)11-14(2)15(3)21(20)16-6-4-5-7-16;1-3-7-12(8-4-1)11-13-9-5-2-6-10-13;;;/h4-6,8-12H,7H2,1-3H3;1-10H;2*1H;/q;;;;+2/p-2. The fourth-order valence-electron chi connectivity index (χ4n) is 5.66. The summed E-state index contributed by atoms with van der Waals surface area (Å²) >= 11 is -1.12. The topological polar surface area (TPSA) is 0 Å². The molecule has 37 heavy (non-hydrogen) atoms. The first kappa shape index (κ1) is 27.7. The minimum atomic E-state index is -1.12. The van der Waals surface area contributed by atoms with Gasteiger partial charge in [0.05, 0.1) is 0 Å². The Hall–Kier alpha value is -2.31. The van der Waals surface area contributed by atoms with Gasteiger partial charge in [-0.2, -0.15) is 0 Å². The van der Waals surface area contributed by atoms with Crippen LogP contribution in [0, 0.1) is 20.8 Å². The smallest absolute Gasteiger partial charge is 1.00 e. The van der Waals surface area contributed by atoms with Crippen LogP contribution < -0.4 is 24.8 Å². The molecule has 0 spiro atoms. The summed E-state index contributed by atoms with van der Waals surface area (Å²) in [6.45, 7) is 6.86. The zero-order chi connectivity index (χ0) is 23.9. The summed E-state index contributed by atoms with van der Waals surface area (Å²) in [5.41, 5.74) is 16.1. The van der Waals surface area contributed by atoms with E-state index in [0.717, 1.165) is 6.42 Å². The quantitative estimate of drug-likeness (QED) is 0.338. The second-order valence-corrected chi connectivity index (χ2v) is 13.1. The normalized spacial score (nSPS) is 14.6. The van der Waals surface area contributed by atoms with Crippen LogP contribution in [0.4, 0.5) is 0 Å². The summed E-state index contributed by atoms with van der Waals surface area (Å²) in [5, 5.41) is 0. The summed E-state index contributed by atoms with van der Waals surface area (Å²) < 4.78 is 2.08. The Morgan fingerprint density at radius 2 is 1.41 bits per heavy atom. The van der Waals surface area contributed by atoms with Crippen LogP contribution in [-0.2, 0) is 22.8 Å². The van der Waals surface area contributed by atoms with E-state index in [1.165, 1.54) is 50.1 Å². The van der Waals surface area contributed by atoms with Crippen molar-refractivity contribution in [2.24, 2.45) is 0 Å². The van der Waals surface area contributed by atoms with E-state index in [1.807, 2.05) is 0 Å². The fourth-order valence-corrected chi connectivity index (χ4v) is 10.1. The molecule has 0 aromatic heterocycles. The number of aryl methyl sites for hydroxylation is 2. The zero-order valence-corrected chi connectivity index (χ0v) is 25.3. The Bertz CT molecular complexity index is 1490. The first-order valence-electron chi connectivity index (χ1n) is 12.5. The molecule has 0 amide bonds. The summed E-state index contributed by atoms with van der Waals surface area (Å²) in [5.74, 6) is 0. The third-order valence-corrected chi connectivity index (χ3v) is 11.8. The molecule has 4 aromatic carbocycles. The molecule has 2 aliphatic rings. The molecule has 0 radical (unpaired) electrons. The van der Waals surface area contributed by atoms with Gasteiger partial charge in [-0.05, 0) is 0 Å². The van der Waals surface area contributed by atoms with Crippen LogP contribution in [0.25, 0.3) is 16.7 Å². The van der Waals surface area contributed by atoms with Crippen LogP contribution in [0.1, 0.15) is 54.6 Å². The van der Waals surface area contributed by atoms with Gasteiger partial charge >= 0.3 is 221 Å². The predicted octanol–water partition coefficient (Wildman–Crippen LogP) is 2.38. The Labute approximate surface area is 244 Å². The van der Waals surface area contributed by atoms with Gasteiger partial charge in [0.25, 0.3) is 0 Å². The Morgan fingerprint density at radius 3 is 2.00 bits per heavy atom. The number of hydrogen-bond acceptors (Lipinski definition) is 0. The molecule has 1 atom stereocenters. The summed E-state index contributed by atoms with van der Waals surface area (Å²) in [6.07, 6.45) is 7.92. The van der Waals surface area contributed by atoms with Crippen LogP contribution in [0.5, 0.6) is 0 Å². The molecule has 1 unspecified atom stereocenters. The van der Waals surface area contributed by atoms with E-state index in [9.17, 15) is 0 Å². The Balaban J connectivity index is 0.00000160. The van der Waals surface area contributed by atoms with Crippen LogP contribution in [0.3, 0.4) is 0 Å². The van der Waals surface area contributed by atoms with Crippen molar-refractivity contribution in [2.75, 3.05) is 0 Å². The van der Waals surface area contributed by atoms with Gasteiger partial charge in [0.1, 0.15) is 0 Å². The maximum atomic E-state index is 2.48. The number of hydrogen-bond donors (Lipinski definition) is 0. The van der Waals surface area contributed by atoms with Crippen molar-refractivity contribution in [3.05, 3.63) is 148 Å². The molecule has 0 heterocycles. The average Bonchev–Trinajstić information content (AvgIpc) is 3.51. The van der Waals surface area contributed by atoms with Gasteiger partial charge in [-0.25, -0.2) is 0 Å². The van der Waals surface area contributed by atoms with Gasteiger partial charge in [0.2, 0.25) is 0 Å². The molecular weight excluding hydrogens is 571 g/mol. The van der Waals surface area contributed by atoms with E-state index in [4.69, 9.17) is 0 Å². The summed E-state index contributed by atoms with van der Waals surface area (Å²) in [4.78, 5) is 0. The molecule has 0 nitrogen and oxygen atoms in total. The second kappa shape index (κ2) is 11.6. The van der Waals surface area contributed by atoms with E-state index in [1.54, 1.807) is 14.3 Å². The van der Waals surface area contributed by atoms with Crippen LogP contribution >= 0.6 is 0 Å². The number of rotatable bonds is 4. The minimum Gasteiger partial charge on any atom is -1.00 e. The van der Waals surface area contributed by atoms with Crippen molar-refractivity contribution in [1.82, 2.24) is 0 Å².